The quantitative estimate of drug-likeness (QED) is 0.646. The van der Waals surface area contributed by atoms with Gasteiger partial charge in [-0.3, -0.25) is 10.1 Å². The lowest BCUT2D eigenvalue weighted by Gasteiger charge is -2.15. The number of nitrogens with zero attached hydrogens (tertiary/aromatic N) is 1. The van der Waals surface area contributed by atoms with E-state index >= 15 is 0 Å². The van der Waals surface area contributed by atoms with Crippen molar-refractivity contribution in [1.29, 1.82) is 0 Å². The minimum absolute atomic E-state index is 0.0117. The molecule has 0 saturated heterocycles. The van der Waals surface area contributed by atoms with Crippen molar-refractivity contribution in [3.8, 4) is 0 Å². The molecular formula is C15H20ClN3O4. The van der Waals surface area contributed by atoms with Gasteiger partial charge in [-0.25, -0.2) is 14.6 Å². The zero-order valence-corrected chi connectivity index (χ0v) is 14.4. The van der Waals surface area contributed by atoms with E-state index in [1.165, 1.54) is 6.92 Å². The van der Waals surface area contributed by atoms with Gasteiger partial charge in [0.1, 0.15) is 5.15 Å². The topological polar surface area (TPSA) is 97.4 Å². The summed E-state index contributed by atoms with van der Waals surface area (Å²) >= 11 is 5.96. The molecule has 1 aromatic heterocycles. The van der Waals surface area contributed by atoms with Crippen LogP contribution >= 0.6 is 11.6 Å². The van der Waals surface area contributed by atoms with E-state index in [2.05, 4.69) is 15.6 Å². The van der Waals surface area contributed by atoms with Crippen molar-refractivity contribution < 1.29 is 19.1 Å². The summed E-state index contributed by atoms with van der Waals surface area (Å²) in [6.07, 6.45) is -1.16. The molecule has 1 aromatic rings. The van der Waals surface area contributed by atoms with Crippen LogP contribution in [0.1, 0.15) is 42.4 Å². The van der Waals surface area contributed by atoms with Crippen molar-refractivity contribution in [3.63, 3.8) is 0 Å². The van der Waals surface area contributed by atoms with Crippen LogP contribution < -0.4 is 10.6 Å². The van der Waals surface area contributed by atoms with Crippen LogP contribution in [-0.4, -0.2) is 35.0 Å². The molecule has 2 N–H and O–H groups in total. The number of esters is 1. The molecule has 0 bridgehead atoms. The number of urea groups is 1. The number of imide groups is 1. The Morgan fingerprint density at radius 3 is 2.35 bits per heavy atom. The molecule has 0 spiro atoms. The second-order valence-corrected chi connectivity index (χ2v) is 5.77. The number of halogens is 1. The summed E-state index contributed by atoms with van der Waals surface area (Å²) in [6, 6.07) is 0.906. The fourth-order valence-electron chi connectivity index (χ4n) is 1.82. The Morgan fingerprint density at radius 2 is 1.83 bits per heavy atom. The third-order valence-corrected chi connectivity index (χ3v) is 3.09. The fourth-order valence-corrected chi connectivity index (χ4v) is 2.18. The molecule has 0 aliphatic carbocycles. The van der Waals surface area contributed by atoms with Crippen LogP contribution in [0.3, 0.4) is 0 Å². The van der Waals surface area contributed by atoms with Crippen LogP contribution in [-0.2, 0) is 9.53 Å². The van der Waals surface area contributed by atoms with Crippen LogP contribution in [0.2, 0.25) is 5.15 Å². The molecule has 0 saturated carbocycles. The van der Waals surface area contributed by atoms with Crippen LogP contribution in [0, 0.1) is 13.8 Å². The maximum Gasteiger partial charge on any atom is 0.342 e. The van der Waals surface area contributed by atoms with Crippen molar-refractivity contribution in [2.75, 3.05) is 0 Å². The molecule has 0 fully saturated rings. The summed E-state index contributed by atoms with van der Waals surface area (Å²) in [7, 11) is 0. The summed E-state index contributed by atoms with van der Waals surface area (Å²) in [5.41, 5.74) is 1.36. The molecule has 0 radical (unpaired) electrons. The first kappa shape index (κ1) is 18.9. The Labute approximate surface area is 139 Å². The number of carbonyl (C=O) groups excluding carboxylic acids is 3. The zero-order chi connectivity index (χ0) is 17.7. The average Bonchev–Trinajstić information content (AvgIpc) is 2.35. The largest absolute Gasteiger partial charge is 0.449 e. The first-order valence-corrected chi connectivity index (χ1v) is 7.45. The second-order valence-electron chi connectivity index (χ2n) is 5.41. The number of rotatable bonds is 4. The minimum Gasteiger partial charge on any atom is -0.449 e. The smallest absolute Gasteiger partial charge is 0.342 e. The number of carbonyl (C=O) groups is 3. The molecular weight excluding hydrogens is 322 g/mol. The van der Waals surface area contributed by atoms with Crippen molar-refractivity contribution >= 4 is 29.5 Å². The van der Waals surface area contributed by atoms with Crippen LogP contribution in [0.25, 0.3) is 0 Å². The molecule has 7 nitrogen and oxygen atoms in total. The first-order valence-electron chi connectivity index (χ1n) is 7.08. The molecule has 0 aliphatic heterocycles. The van der Waals surface area contributed by atoms with E-state index < -0.39 is 24.0 Å². The fraction of sp³-hybridized carbons (Fsp3) is 0.467. The van der Waals surface area contributed by atoms with Gasteiger partial charge >= 0.3 is 12.0 Å². The lowest BCUT2D eigenvalue weighted by Crippen LogP contribution is -2.46. The lowest BCUT2D eigenvalue weighted by molar-refractivity contribution is -0.127. The van der Waals surface area contributed by atoms with Gasteiger partial charge in [-0.1, -0.05) is 11.6 Å². The van der Waals surface area contributed by atoms with Crippen LogP contribution in [0.5, 0.6) is 0 Å². The third-order valence-electron chi connectivity index (χ3n) is 2.81. The van der Waals surface area contributed by atoms with Gasteiger partial charge in [-0.05, 0) is 46.2 Å². The first-order chi connectivity index (χ1) is 10.6. The van der Waals surface area contributed by atoms with E-state index in [-0.39, 0.29) is 16.8 Å². The molecule has 1 atom stereocenters. The van der Waals surface area contributed by atoms with E-state index in [9.17, 15) is 14.4 Å². The van der Waals surface area contributed by atoms with Gasteiger partial charge in [-0.2, -0.15) is 0 Å². The molecule has 3 amide bonds. The van der Waals surface area contributed by atoms with Crippen molar-refractivity contribution in [3.05, 3.63) is 28.0 Å². The van der Waals surface area contributed by atoms with E-state index in [4.69, 9.17) is 16.3 Å². The second kappa shape index (κ2) is 7.92. The summed E-state index contributed by atoms with van der Waals surface area (Å²) in [4.78, 5) is 39.4. The van der Waals surface area contributed by atoms with Gasteiger partial charge in [0.2, 0.25) is 0 Å². The highest BCUT2D eigenvalue weighted by Gasteiger charge is 2.24. The molecule has 0 unspecified atom stereocenters. The van der Waals surface area contributed by atoms with Crippen molar-refractivity contribution in [2.45, 2.75) is 46.8 Å². The third kappa shape index (κ3) is 5.52. The Balaban J connectivity index is 2.74. The Kier molecular flexibility index (Phi) is 6.50. The summed E-state index contributed by atoms with van der Waals surface area (Å²) < 4.78 is 5.05. The van der Waals surface area contributed by atoms with Crippen molar-refractivity contribution in [2.24, 2.45) is 0 Å². The Hall–Kier alpha value is -2.15. The van der Waals surface area contributed by atoms with Gasteiger partial charge in [0, 0.05) is 11.7 Å². The zero-order valence-electron chi connectivity index (χ0n) is 13.7. The molecule has 8 heteroatoms. The Morgan fingerprint density at radius 1 is 1.22 bits per heavy atom. The number of hydrogen-bond acceptors (Lipinski definition) is 5. The molecule has 0 aliphatic rings. The highest BCUT2D eigenvalue weighted by Crippen LogP contribution is 2.20. The number of aromatic nitrogens is 1. The molecule has 23 heavy (non-hydrogen) atoms. The van der Waals surface area contributed by atoms with Gasteiger partial charge in [0.25, 0.3) is 5.91 Å². The van der Waals surface area contributed by atoms with Gasteiger partial charge in [0.15, 0.2) is 6.10 Å². The maximum atomic E-state index is 12.1. The highest BCUT2D eigenvalue weighted by molar-refractivity contribution is 6.32. The Bertz CT molecular complexity index is 608. The summed E-state index contributed by atoms with van der Waals surface area (Å²) in [6.45, 7) is 8.31. The highest BCUT2D eigenvalue weighted by atomic mass is 35.5. The predicted molar refractivity (Wildman–Crippen MR) is 85.4 cm³/mol. The summed E-state index contributed by atoms with van der Waals surface area (Å²) in [5.74, 6) is -1.50. The molecule has 126 valence electrons. The standard InChI is InChI=1S/C15H20ClN3O4/c1-7(2)17-15(22)19-13(20)10(5)23-14(21)11-8(3)6-9(4)18-12(11)16/h6-7,10H,1-5H3,(H2,17,19,20,22)/t10-/m0/s1. The van der Waals surface area contributed by atoms with E-state index in [0.717, 1.165) is 0 Å². The van der Waals surface area contributed by atoms with E-state index in [0.29, 0.717) is 11.3 Å². The number of hydrogen-bond donors (Lipinski definition) is 2. The van der Waals surface area contributed by atoms with Crippen molar-refractivity contribution in [1.82, 2.24) is 15.6 Å². The van der Waals surface area contributed by atoms with Crippen LogP contribution in [0.4, 0.5) is 4.79 Å². The van der Waals surface area contributed by atoms with E-state index in [1.807, 2.05) is 0 Å². The normalized spacial score (nSPS) is 11.8. The number of nitrogens with one attached hydrogen (secondary N) is 2. The SMILES string of the molecule is Cc1cc(C)c(C(=O)O[C@@H](C)C(=O)NC(=O)NC(C)C)c(Cl)n1. The van der Waals surface area contributed by atoms with Crippen LogP contribution in [0.15, 0.2) is 6.07 Å². The summed E-state index contributed by atoms with van der Waals surface area (Å²) in [5, 5.41) is 4.60. The predicted octanol–water partition coefficient (Wildman–Crippen LogP) is 2.13. The lowest BCUT2D eigenvalue weighted by atomic mass is 10.1. The molecule has 1 rings (SSSR count). The van der Waals surface area contributed by atoms with Gasteiger partial charge < -0.3 is 10.1 Å². The number of ether oxygens (including phenoxy) is 1. The number of aryl methyl sites for hydroxylation is 2. The maximum absolute atomic E-state index is 12.1. The number of amides is 3. The molecule has 0 aromatic carbocycles. The van der Waals surface area contributed by atoms with Gasteiger partial charge in [0.05, 0.1) is 5.56 Å². The van der Waals surface area contributed by atoms with Gasteiger partial charge in [-0.15, -0.1) is 0 Å². The average molecular weight is 342 g/mol. The molecule has 1 heterocycles. The monoisotopic (exact) mass is 341 g/mol. The minimum atomic E-state index is -1.16. The number of pyridine rings is 1. The van der Waals surface area contributed by atoms with E-state index in [1.54, 1.807) is 33.8 Å².